The van der Waals surface area contributed by atoms with Gasteiger partial charge in [0.1, 0.15) is 6.54 Å². The SMILES string of the molecule is CCN(CC#N)C(=O)c1ccc(SC)cc1. The smallest absolute Gasteiger partial charge is 0.254 e. The van der Waals surface area contributed by atoms with Crippen LogP contribution in [0.25, 0.3) is 0 Å². The first-order chi connectivity index (χ1) is 7.72. The van der Waals surface area contributed by atoms with Crippen LogP contribution < -0.4 is 0 Å². The van der Waals surface area contributed by atoms with E-state index in [2.05, 4.69) is 0 Å². The predicted molar refractivity (Wildman–Crippen MR) is 65.4 cm³/mol. The molecule has 0 aliphatic carbocycles. The van der Waals surface area contributed by atoms with Crippen molar-refractivity contribution >= 4 is 17.7 Å². The number of amides is 1. The fraction of sp³-hybridized carbons (Fsp3) is 0.333. The molecule has 0 bridgehead atoms. The highest BCUT2D eigenvalue weighted by Gasteiger charge is 2.12. The van der Waals surface area contributed by atoms with Crippen LogP contribution in [0.15, 0.2) is 29.2 Å². The highest BCUT2D eigenvalue weighted by Crippen LogP contribution is 2.15. The molecule has 0 radical (unpaired) electrons. The van der Waals surface area contributed by atoms with E-state index in [0.717, 1.165) is 4.90 Å². The maximum Gasteiger partial charge on any atom is 0.254 e. The quantitative estimate of drug-likeness (QED) is 0.593. The summed E-state index contributed by atoms with van der Waals surface area (Å²) < 4.78 is 0. The van der Waals surface area contributed by atoms with Gasteiger partial charge >= 0.3 is 0 Å². The molecule has 0 N–H and O–H groups in total. The van der Waals surface area contributed by atoms with Gasteiger partial charge in [-0.3, -0.25) is 4.79 Å². The number of hydrogen-bond acceptors (Lipinski definition) is 3. The van der Waals surface area contributed by atoms with Crippen molar-refractivity contribution in [2.45, 2.75) is 11.8 Å². The summed E-state index contributed by atoms with van der Waals surface area (Å²) in [6.07, 6.45) is 1.99. The summed E-state index contributed by atoms with van der Waals surface area (Å²) in [6, 6.07) is 9.42. The fourth-order valence-electron chi connectivity index (χ4n) is 1.33. The summed E-state index contributed by atoms with van der Waals surface area (Å²) in [7, 11) is 0. The second-order valence-corrected chi connectivity index (χ2v) is 4.09. The summed E-state index contributed by atoms with van der Waals surface area (Å²) >= 11 is 1.64. The van der Waals surface area contributed by atoms with Gasteiger partial charge in [0.2, 0.25) is 0 Å². The molecular weight excluding hydrogens is 220 g/mol. The molecule has 0 saturated carbocycles. The molecule has 84 valence electrons. The third kappa shape index (κ3) is 3.01. The Bertz CT molecular complexity index is 394. The van der Waals surface area contributed by atoms with E-state index in [0.29, 0.717) is 12.1 Å². The van der Waals surface area contributed by atoms with Crippen LogP contribution in [0.2, 0.25) is 0 Å². The summed E-state index contributed by atoms with van der Waals surface area (Å²) in [5.41, 5.74) is 0.634. The van der Waals surface area contributed by atoms with Crippen LogP contribution in [0.3, 0.4) is 0 Å². The maximum absolute atomic E-state index is 11.9. The molecule has 1 aromatic carbocycles. The third-order valence-corrected chi connectivity index (χ3v) is 3.01. The second-order valence-electron chi connectivity index (χ2n) is 3.21. The monoisotopic (exact) mass is 234 g/mol. The molecule has 1 amide bonds. The zero-order chi connectivity index (χ0) is 12.0. The molecule has 16 heavy (non-hydrogen) atoms. The molecule has 0 saturated heterocycles. The molecule has 0 aromatic heterocycles. The van der Waals surface area contributed by atoms with Gasteiger partial charge in [-0.1, -0.05) is 0 Å². The van der Waals surface area contributed by atoms with Crippen LogP contribution in [0, 0.1) is 11.3 Å². The Kier molecular flexibility index (Phi) is 4.87. The highest BCUT2D eigenvalue weighted by molar-refractivity contribution is 7.98. The molecular formula is C12H14N2OS. The maximum atomic E-state index is 11.9. The summed E-state index contributed by atoms with van der Waals surface area (Å²) in [4.78, 5) is 14.6. The van der Waals surface area contributed by atoms with Crippen LogP contribution in [-0.2, 0) is 0 Å². The van der Waals surface area contributed by atoms with Gasteiger partial charge in [-0.15, -0.1) is 11.8 Å². The average molecular weight is 234 g/mol. The Morgan fingerprint density at radius 3 is 2.50 bits per heavy atom. The van der Waals surface area contributed by atoms with Crippen molar-refractivity contribution in [1.29, 1.82) is 5.26 Å². The predicted octanol–water partition coefficient (Wildman–Crippen LogP) is 2.39. The Labute approximate surface area is 100 Å². The Morgan fingerprint density at radius 1 is 1.44 bits per heavy atom. The highest BCUT2D eigenvalue weighted by atomic mass is 32.2. The van der Waals surface area contributed by atoms with E-state index >= 15 is 0 Å². The first-order valence-electron chi connectivity index (χ1n) is 5.03. The number of hydrogen-bond donors (Lipinski definition) is 0. The first-order valence-corrected chi connectivity index (χ1v) is 6.25. The third-order valence-electron chi connectivity index (χ3n) is 2.27. The lowest BCUT2D eigenvalue weighted by molar-refractivity contribution is 0.0784. The first kappa shape index (κ1) is 12.6. The van der Waals surface area contributed by atoms with Crippen molar-refractivity contribution in [2.75, 3.05) is 19.3 Å². The number of nitriles is 1. The van der Waals surface area contributed by atoms with Gasteiger partial charge in [0.15, 0.2) is 0 Å². The van der Waals surface area contributed by atoms with Gasteiger partial charge in [-0.25, -0.2) is 0 Å². The molecule has 0 heterocycles. The Hall–Kier alpha value is -1.47. The topological polar surface area (TPSA) is 44.1 Å². The zero-order valence-electron chi connectivity index (χ0n) is 9.43. The van der Waals surface area contributed by atoms with Crippen molar-refractivity contribution in [3.63, 3.8) is 0 Å². The number of thioether (sulfide) groups is 1. The molecule has 1 rings (SSSR count). The van der Waals surface area contributed by atoms with Crippen LogP contribution in [0.1, 0.15) is 17.3 Å². The summed E-state index contributed by atoms with van der Waals surface area (Å²) in [6.45, 7) is 2.56. The Morgan fingerprint density at radius 2 is 2.06 bits per heavy atom. The standard InChI is InChI=1S/C12H14N2OS/c1-3-14(9-8-13)12(15)10-4-6-11(16-2)7-5-10/h4-7H,3,9H2,1-2H3. The minimum absolute atomic E-state index is 0.0864. The molecule has 0 spiro atoms. The molecule has 0 unspecified atom stereocenters. The van der Waals surface area contributed by atoms with E-state index in [-0.39, 0.29) is 12.5 Å². The van der Waals surface area contributed by atoms with Gasteiger partial charge in [0.05, 0.1) is 6.07 Å². The lowest BCUT2D eigenvalue weighted by Gasteiger charge is -2.17. The van der Waals surface area contributed by atoms with Gasteiger partial charge < -0.3 is 4.90 Å². The van der Waals surface area contributed by atoms with E-state index in [1.165, 1.54) is 4.90 Å². The van der Waals surface area contributed by atoms with Crippen LogP contribution >= 0.6 is 11.8 Å². The normalized spacial score (nSPS) is 9.56. The largest absolute Gasteiger partial charge is 0.326 e. The van der Waals surface area contributed by atoms with Crippen LogP contribution in [-0.4, -0.2) is 30.2 Å². The molecule has 0 atom stereocenters. The van der Waals surface area contributed by atoms with Crippen molar-refractivity contribution in [1.82, 2.24) is 4.90 Å². The van der Waals surface area contributed by atoms with Gasteiger partial charge in [0, 0.05) is 17.0 Å². The summed E-state index contributed by atoms with van der Waals surface area (Å²) in [5, 5.41) is 8.60. The van der Waals surface area contributed by atoms with Crippen molar-refractivity contribution in [3.8, 4) is 6.07 Å². The lowest BCUT2D eigenvalue weighted by atomic mass is 10.2. The second kappa shape index (κ2) is 6.19. The fourth-order valence-corrected chi connectivity index (χ4v) is 1.74. The zero-order valence-corrected chi connectivity index (χ0v) is 10.3. The molecule has 0 aliphatic heterocycles. The van der Waals surface area contributed by atoms with Gasteiger partial charge in [-0.2, -0.15) is 5.26 Å². The molecule has 3 nitrogen and oxygen atoms in total. The van der Waals surface area contributed by atoms with E-state index in [4.69, 9.17) is 5.26 Å². The number of nitrogens with zero attached hydrogens (tertiary/aromatic N) is 2. The van der Waals surface area contributed by atoms with Gasteiger partial charge in [0.25, 0.3) is 5.91 Å². The van der Waals surface area contributed by atoms with E-state index in [1.54, 1.807) is 23.9 Å². The number of carbonyl (C=O) groups is 1. The van der Waals surface area contributed by atoms with Crippen molar-refractivity contribution in [3.05, 3.63) is 29.8 Å². The van der Waals surface area contributed by atoms with Gasteiger partial charge in [-0.05, 0) is 37.4 Å². The molecule has 0 aliphatic rings. The summed E-state index contributed by atoms with van der Waals surface area (Å²) in [5.74, 6) is -0.0864. The molecule has 0 fully saturated rings. The van der Waals surface area contributed by atoms with Crippen molar-refractivity contribution in [2.24, 2.45) is 0 Å². The lowest BCUT2D eigenvalue weighted by Crippen LogP contribution is -2.31. The van der Waals surface area contributed by atoms with E-state index in [9.17, 15) is 4.79 Å². The van der Waals surface area contributed by atoms with Crippen LogP contribution in [0.4, 0.5) is 0 Å². The number of carbonyl (C=O) groups excluding carboxylic acids is 1. The van der Waals surface area contributed by atoms with E-state index in [1.807, 2.05) is 31.4 Å². The minimum atomic E-state index is -0.0864. The number of rotatable bonds is 4. The molecule has 4 heteroatoms. The van der Waals surface area contributed by atoms with Crippen LogP contribution in [0.5, 0.6) is 0 Å². The van der Waals surface area contributed by atoms with E-state index < -0.39 is 0 Å². The Balaban J connectivity index is 2.83. The minimum Gasteiger partial charge on any atom is -0.326 e. The molecule has 1 aromatic rings. The average Bonchev–Trinajstić information content (AvgIpc) is 2.35. The number of benzene rings is 1. The van der Waals surface area contributed by atoms with Crippen molar-refractivity contribution < 1.29 is 4.79 Å².